The average Bonchev–Trinajstić information content (AvgIpc) is 2.48. The van der Waals surface area contributed by atoms with Gasteiger partial charge in [0.15, 0.2) is 0 Å². The number of aryl methyl sites for hydroxylation is 2. The predicted octanol–water partition coefficient (Wildman–Crippen LogP) is 3.06. The predicted molar refractivity (Wildman–Crippen MR) is 87.6 cm³/mol. The van der Waals surface area contributed by atoms with E-state index in [1.165, 1.54) is 29.7 Å². The van der Waals surface area contributed by atoms with Crippen molar-refractivity contribution in [3.8, 4) is 0 Å². The summed E-state index contributed by atoms with van der Waals surface area (Å²) < 4.78 is 0. The summed E-state index contributed by atoms with van der Waals surface area (Å²) in [4.78, 5) is 7.20. The van der Waals surface area contributed by atoms with Gasteiger partial charge in [-0.1, -0.05) is 23.8 Å². The lowest BCUT2D eigenvalue weighted by Crippen LogP contribution is -2.29. The smallest absolute Gasteiger partial charge is 0.0602 e. The monoisotopic (exact) mass is 281 g/mol. The Morgan fingerprint density at radius 2 is 2.05 bits per heavy atom. The van der Waals surface area contributed by atoms with Crippen LogP contribution in [0.3, 0.4) is 0 Å². The zero-order chi connectivity index (χ0) is 14.7. The van der Waals surface area contributed by atoms with E-state index in [-0.39, 0.29) is 0 Å². The van der Waals surface area contributed by atoms with Gasteiger partial charge in [-0.3, -0.25) is 4.98 Å². The van der Waals surface area contributed by atoms with E-state index in [2.05, 4.69) is 53.5 Å². The molecule has 0 atom stereocenters. The second kappa shape index (κ2) is 6.27. The summed E-state index contributed by atoms with van der Waals surface area (Å²) in [6.45, 7) is 5.01. The summed E-state index contributed by atoms with van der Waals surface area (Å²) in [5.74, 6) is 0. The van der Waals surface area contributed by atoms with Gasteiger partial charge in [-0.2, -0.15) is 0 Å². The first-order chi connectivity index (χ1) is 10.3. The fraction of sp³-hybridized carbons (Fsp3) is 0.389. The standard InChI is InChI=1S/C18H23N3/c1-14-8-9-18-15(11-14)5-4-10-21(18)13-17-7-3-6-16(20-17)12-19-2/h3,6-9,11,19H,4-5,10,12-13H2,1-2H3. The van der Waals surface area contributed by atoms with Crippen molar-refractivity contribution in [1.29, 1.82) is 0 Å². The van der Waals surface area contributed by atoms with Crippen molar-refractivity contribution in [2.75, 3.05) is 18.5 Å². The molecular weight excluding hydrogens is 258 g/mol. The third kappa shape index (κ3) is 3.24. The molecule has 1 aromatic carbocycles. The average molecular weight is 281 g/mol. The Kier molecular flexibility index (Phi) is 4.20. The molecule has 1 N–H and O–H groups in total. The van der Waals surface area contributed by atoms with Gasteiger partial charge in [0.25, 0.3) is 0 Å². The minimum Gasteiger partial charge on any atom is -0.365 e. The Labute approximate surface area is 127 Å². The zero-order valence-corrected chi connectivity index (χ0v) is 12.9. The zero-order valence-electron chi connectivity index (χ0n) is 12.9. The Balaban J connectivity index is 1.81. The molecule has 3 nitrogen and oxygen atoms in total. The lowest BCUT2D eigenvalue weighted by atomic mass is 9.99. The highest BCUT2D eigenvalue weighted by molar-refractivity contribution is 5.56. The number of aromatic nitrogens is 1. The number of hydrogen-bond donors (Lipinski definition) is 1. The first-order valence-electron chi connectivity index (χ1n) is 7.70. The molecule has 0 saturated carbocycles. The Hall–Kier alpha value is -1.87. The van der Waals surface area contributed by atoms with E-state index in [9.17, 15) is 0 Å². The largest absolute Gasteiger partial charge is 0.365 e. The minimum absolute atomic E-state index is 0.823. The van der Waals surface area contributed by atoms with Crippen molar-refractivity contribution in [3.05, 3.63) is 58.9 Å². The minimum atomic E-state index is 0.823. The number of fused-ring (bicyclic) bond motifs is 1. The number of rotatable bonds is 4. The summed E-state index contributed by atoms with van der Waals surface area (Å²) in [5.41, 5.74) is 6.47. The highest BCUT2D eigenvalue weighted by Gasteiger charge is 2.17. The third-order valence-electron chi connectivity index (χ3n) is 4.03. The summed E-state index contributed by atoms with van der Waals surface area (Å²) in [5, 5.41) is 3.16. The number of pyridine rings is 1. The first-order valence-corrected chi connectivity index (χ1v) is 7.70. The van der Waals surface area contributed by atoms with Crippen LogP contribution in [0.15, 0.2) is 36.4 Å². The van der Waals surface area contributed by atoms with Gasteiger partial charge in [0.2, 0.25) is 0 Å². The van der Waals surface area contributed by atoms with Gasteiger partial charge < -0.3 is 10.2 Å². The van der Waals surface area contributed by atoms with Crippen molar-refractivity contribution >= 4 is 5.69 Å². The number of nitrogens with zero attached hydrogens (tertiary/aromatic N) is 2. The van der Waals surface area contributed by atoms with Crippen molar-refractivity contribution in [1.82, 2.24) is 10.3 Å². The normalized spacial score (nSPS) is 14.1. The third-order valence-corrected chi connectivity index (χ3v) is 4.03. The maximum absolute atomic E-state index is 4.74. The molecule has 21 heavy (non-hydrogen) atoms. The van der Waals surface area contributed by atoms with Crippen LogP contribution >= 0.6 is 0 Å². The fourth-order valence-electron chi connectivity index (χ4n) is 3.06. The van der Waals surface area contributed by atoms with Gasteiger partial charge in [0, 0.05) is 18.8 Å². The molecule has 3 heteroatoms. The number of hydrogen-bond acceptors (Lipinski definition) is 3. The molecule has 1 aliphatic heterocycles. The molecule has 0 saturated heterocycles. The quantitative estimate of drug-likeness (QED) is 0.933. The molecule has 2 heterocycles. The maximum Gasteiger partial charge on any atom is 0.0602 e. The van der Waals surface area contributed by atoms with E-state index in [1.54, 1.807) is 0 Å². The van der Waals surface area contributed by atoms with Gasteiger partial charge in [0.1, 0.15) is 0 Å². The molecule has 3 rings (SSSR count). The highest BCUT2D eigenvalue weighted by atomic mass is 15.1. The molecule has 2 aromatic rings. The van der Waals surface area contributed by atoms with Crippen LogP contribution in [0.5, 0.6) is 0 Å². The molecule has 0 bridgehead atoms. The second-order valence-corrected chi connectivity index (χ2v) is 5.81. The van der Waals surface area contributed by atoms with Gasteiger partial charge in [0.05, 0.1) is 17.9 Å². The van der Waals surface area contributed by atoms with Crippen LogP contribution in [0, 0.1) is 6.92 Å². The van der Waals surface area contributed by atoms with Gasteiger partial charge >= 0.3 is 0 Å². The van der Waals surface area contributed by atoms with Crippen molar-refractivity contribution in [2.45, 2.75) is 32.9 Å². The maximum atomic E-state index is 4.74. The molecule has 0 unspecified atom stereocenters. The van der Waals surface area contributed by atoms with E-state index >= 15 is 0 Å². The van der Waals surface area contributed by atoms with Crippen molar-refractivity contribution < 1.29 is 0 Å². The molecule has 110 valence electrons. The van der Waals surface area contributed by atoms with Crippen LogP contribution in [0.4, 0.5) is 5.69 Å². The summed E-state index contributed by atoms with van der Waals surface area (Å²) in [6.07, 6.45) is 2.42. The van der Waals surface area contributed by atoms with E-state index < -0.39 is 0 Å². The molecule has 1 aliphatic rings. The van der Waals surface area contributed by atoms with E-state index in [1.807, 2.05) is 7.05 Å². The van der Waals surface area contributed by atoms with Crippen LogP contribution in [-0.4, -0.2) is 18.6 Å². The lowest BCUT2D eigenvalue weighted by molar-refractivity contribution is 0.679. The van der Waals surface area contributed by atoms with Crippen LogP contribution in [0.25, 0.3) is 0 Å². The topological polar surface area (TPSA) is 28.2 Å². The molecule has 0 fully saturated rings. The lowest BCUT2D eigenvalue weighted by Gasteiger charge is -2.31. The fourth-order valence-corrected chi connectivity index (χ4v) is 3.06. The summed E-state index contributed by atoms with van der Waals surface area (Å²) >= 11 is 0. The van der Waals surface area contributed by atoms with Gasteiger partial charge in [-0.25, -0.2) is 0 Å². The number of nitrogens with one attached hydrogen (secondary N) is 1. The van der Waals surface area contributed by atoms with Crippen molar-refractivity contribution in [2.24, 2.45) is 0 Å². The van der Waals surface area contributed by atoms with E-state index in [0.29, 0.717) is 0 Å². The van der Waals surface area contributed by atoms with Crippen LogP contribution in [0.1, 0.15) is 28.9 Å². The molecule has 1 aromatic heterocycles. The van der Waals surface area contributed by atoms with Crippen molar-refractivity contribution in [3.63, 3.8) is 0 Å². The van der Waals surface area contributed by atoms with Crippen LogP contribution < -0.4 is 10.2 Å². The number of anilines is 1. The Morgan fingerprint density at radius 3 is 2.90 bits per heavy atom. The van der Waals surface area contributed by atoms with Gasteiger partial charge in [-0.15, -0.1) is 0 Å². The highest BCUT2D eigenvalue weighted by Crippen LogP contribution is 2.28. The first kappa shape index (κ1) is 14.1. The second-order valence-electron chi connectivity index (χ2n) is 5.81. The number of benzene rings is 1. The van der Waals surface area contributed by atoms with E-state index in [0.717, 1.165) is 31.0 Å². The molecule has 0 spiro atoms. The molecular formula is C18H23N3. The molecule has 0 radical (unpaired) electrons. The Bertz CT molecular complexity index is 622. The Morgan fingerprint density at radius 1 is 1.19 bits per heavy atom. The van der Waals surface area contributed by atoms with Crippen LogP contribution in [0.2, 0.25) is 0 Å². The van der Waals surface area contributed by atoms with Gasteiger partial charge in [-0.05, 0) is 50.6 Å². The van der Waals surface area contributed by atoms with E-state index in [4.69, 9.17) is 4.98 Å². The SMILES string of the molecule is CNCc1cccc(CN2CCCc3cc(C)ccc32)n1. The summed E-state index contributed by atoms with van der Waals surface area (Å²) in [6, 6.07) is 13.1. The molecule has 0 amide bonds. The summed E-state index contributed by atoms with van der Waals surface area (Å²) in [7, 11) is 1.96. The molecule has 0 aliphatic carbocycles. The van der Waals surface area contributed by atoms with Crippen LogP contribution in [-0.2, 0) is 19.5 Å².